The van der Waals surface area contributed by atoms with Crippen LogP contribution in [0.4, 0.5) is 0 Å². The lowest BCUT2D eigenvalue weighted by atomic mass is 10.1. The Balaban J connectivity index is 3.73. The fraction of sp³-hybridized carbons (Fsp3) is 0.527. The first-order chi connectivity index (χ1) is 29.6. The Morgan fingerprint density at radius 1 is 0.400 bits per heavy atom. The minimum absolute atomic E-state index is 0.0920. The van der Waals surface area contributed by atoms with Gasteiger partial charge in [0.05, 0.1) is 6.61 Å². The minimum Gasteiger partial charge on any atom is -0.462 e. The summed E-state index contributed by atoms with van der Waals surface area (Å²) < 4.78 is 10.5. The molecule has 0 aliphatic carbocycles. The Morgan fingerprint density at radius 3 is 1.08 bits per heavy atom. The molecule has 1 N–H and O–H groups in total. The molecule has 5 nitrogen and oxygen atoms in total. The molecule has 60 heavy (non-hydrogen) atoms. The second-order valence-corrected chi connectivity index (χ2v) is 14.8. The van der Waals surface area contributed by atoms with E-state index in [9.17, 15) is 14.7 Å². The van der Waals surface area contributed by atoms with Gasteiger partial charge in [-0.1, -0.05) is 198 Å². The van der Waals surface area contributed by atoms with Crippen molar-refractivity contribution in [1.29, 1.82) is 0 Å². The van der Waals surface area contributed by atoms with E-state index >= 15 is 0 Å². The summed E-state index contributed by atoms with van der Waals surface area (Å²) in [6, 6.07) is 0. The van der Waals surface area contributed by atoms with Crippen LogP contribution in [-0.2, 0) is 19.1 Å². The number of aliphatic hydroxyl groups excluding tert-OH is 1. The molecule has 0 aromatic carbocycles. The van der Waals surface area contributed by atoms with Crippen molar-refractivity contribution in [3.8, 4) is 0 Å². The predicted molar refractivity (Wildman–Crippen MR) is 260 cm³/mol. The van der Waals surface area contributed by atoms with Crippen LogP contribution >= 0.6 is 0 Å². The molecule has 0 fully saturated rings. The number of hydrogen-bond donors (Lipinski definition) is 1. The van der Waals surface area contributed by atoms with Crippen LogP contribution in [0.15, 0.2) is 146 Å². The Morgan fingerprint density at radius 2 is 0.717 bits per heavy atom. The summed E-state index contributed by atoms with van der Waals surface area (Å²) in [4.78, 5) is 24.1. The molecule has 5 heteroatoms. The SMILES string of the molecule is CC/C=C\C/C=C\C/C=C\C/C=C\C/C=C\C/C=C\C/C=C\C/C=C\C/C=C\C/C=C\C/C=C\C/C=C\CCCCC(=O)OC(CO)COC(=O)CCCCCCCCC. The molecular weight excluding hydrogens is 741 g/mol. The monoisotopic (exact) mass is 825 g/mol. The van der Waals surface area contributed by atoms with Gasteiger partial charge in [0.2, 0.25) is 0 Å². The number of carbonyl (C=O) groups is 2. The highest BCUT2D eigenvalue weighted by atomic mass is 16.6. The summed E-state index contributed by atoms with van der Waals surface area (Å²) in [6.07, 6.45) is 75.3. The number of ether oxygens (including phenoxy) is 2. The van der Waals surface area contributed by atoms with Gasteiger partial charge in [0, 0.05) is 12.8 Å². The van der Waals surface area contributed by atoms with Crippen LogP contribution in [0.5, 0.6) is 0 Å². The first-order valence-electron chi connectivity index (χ1n) is 23.4. The van der Waals surface area contributed by atoms with Crippen LogP contribution in [0.3, 0.4) is 0 Å². The van der Waals surface area contributed by atoms with E-state index in [1.54, 1.807) is 0 Å². The maximum Gasteiger partial charge on any atom is 0.306 e. The van der Waals surface area contributed by atoms with Crippen molar-refractivity contribution in [3.63, 3.8) is 0 Å². The second kappa shape index (κ2) is 49.1. The quantitative estimate of drug-likeness (QED) is 0.0378. The topological polar surface area (TPSA) is 72.8 Å². The van der Waals surface area contributed by atoms with Gasteiger partial charge >= 0.3 is 11.9 Å². The highest BCUT2D eigenvalue weighted by Crippen LogP contribution is 2.10. The van der Waals surface area contributed by atoms with Gasteiger partial charge in [-0.3, -0.25) is 9.59 Å². The van der Waals surface area contributed by atoms with E-state index in [1.165, 1.54) is 25.7 Å². The molecule has 0 bridgehead atoms. The standard InChI is InChI=1S/C55H84O5/c1-3-5-7-9-11-12-13-14-15-16-17-18-19-20-21-22-23-24-25-26-27-28-29-30-31-32-33-34-35-36-37-38-39-40-41-42-44-46-48-50-55(58)60-53(51-56)52-59-54(57)49-47-45-43-10-8-6-4-2/h5,7,11-12,14-15,17-18,20-21,23-24,26-27,29-30,32-33,35-36,38-39,41-42,53,56H,3-4,6,8-10,13,16,19,22,25,28,31,34,37,40,43-52H2,1-2H3/b7-5-,12-11-,15-14-,18-17-,21-20-,24-23-,27-26-,30-29-,33-32-,36-35-,39-38-,42-41-. The lowest BCUT2D eigenvalue weighted by molar-refractivity contribution is -0.161. The first kappa shape index (κ1) is 55.8. The average Bonchev–Trinajstić information content (AvgIpc) is 3.25. The molecule has 0 saturated heterocycles. The van der Waals surface area contributed by atoms with Gasteiger partial charge in [-0.05, 0) is 103 Å². The van der Waals surface area contributed by atoms with Crippen LogP contribution in [-0.4, -0.2) is 36.4 Å². The summed E-state index contributed by atoms with van der Waals surface area (Å²) in [5, 5.41) is 9.51. The molecule has 0 aromatic rings. The zero-order valence-corrected chi connectivity index (χ0v) is 37.9. The predicted octanol–water partition coefficient (Wildman–Crippen LogP) is 15.5. The molecule has 0 aromatic heterocycles. The van der Waals surface area contributed by atoms with Crippen molar-refractivity contribution in [2.24, 2.45) is 0 Å². The van der Waals surface area contributed by atoms with E-state index in [1.807, 2.05) is 0 Å². The molecular formula is C55H84O5. The molecule has 334 valence electrons. The summed E-state index contributed by atoms with van der Waals surface area (Å²) in [5.74, 6) is -0.663. The van der Waals surface area contributed by atoms with Gasteiger partial charge in [-0.25, -0.2) is 0 Å². The molecule has 0 aliphatic rings. The summed E-state index contributed by atoms with van der Waals surface area (Å²) in [7, 11) is 0. The van der Waals surface area contributed by atoms with Gasteiger partial charge in [-0.2, -0.15) is 0 Å². The van der Waals surface area contributed by atoms with E-state index in [4.69, 9.17) is 9.47 Å². The van der Waals surface area contributed by atoms with Gasteiger partial charge < -0.3 is 14.6 Å². The lowest BCUT2D eigenvalue weighted by Crippen LogP contribution is -2.28. The van der Waals surface area contributed by atoms with E-state index < -0.39 is 6.10 Å². The Labute approximate surface area is 368 Å². The number of carbonyl (C=O) groups excluding carboxylic acids is 2. The third-order valence-corrected chi connectivity index (χ3v) is 9.15. The highest BCUT2D eigenvalue weighted by Gasteiger charge is 2.16. The summed E-state index contributed by atoms with van der Waals surface area (Å²) in [6.45, 7) is 3.91. The van der Waals surface area contributed by atoms with Crippen molar-refractivity contribution >= 4 is 11.9 Å². The largest absolute Gasteiger partial charge is 0.462 e. The Bertz CT molecular complexity index is 1350. The maximum atomic E-state index is 12.1. The molecule has 1 unspecified atom stereocenters. The van der Waals surface area contributed by atoms with Crippen LogP contribution in [0, 0.1) is 0 Å². The summed E-state index contributed by atoms with van der Waals surface area (Å²) in [5.41, 5.74) is 0. The van der Waals surface area contributed by atoms with Crippen LogP contribution in [0.1, 0.15) is 168 Å². The molecule has 0 radical (unpaired) electrons. The minimum atomic E-state index is -0.800. The fourth-order valence-electron chi connectivity index (χ4n) is 5.65. The normalized spacial score (nSPS) is 13.6. The number of unbranched alkanes of at least 4 members (excludes halogenated alkanes) is 8. The van der Waals surface area contributed by atoms with Crippen LogP contribution < -0.4 is 0 Å². The van der Waals surface area contributed by atoms with Crippen LogP contribution in [0.2, 0.25) is 0 Å². The zero-order valence-electron chi connectivity index (χ0n) is 37.9. The average molecular weight is 825 g/mol. The number of esters is 2. The number of hydrogen-bond acceptors (Lipinski definition) is 5. The number of aliphatic hydroxyl groups is 1. The van der Waals surface area contributed by atoms with Crippen molar-refractivity contribution in [2.45, 2.75) is 174 Å². The van der Waals surface area contributed by atoms with Crippen molar-refractivity contribution in [3.05, 3.63) is 146 Å². The third-order valence-electron chi connectivity index (χ3n) is 9.15. The first-order valence-corrected chi connectivity index (χ1v) is 23.4. The van der Waals surface area contributed by atoms with E-state index in [0.717, 1.165) is 109 Å². The maximum absolute atomic E-state index is 12.1. The van der Waals surface area contributed by atoms with E-state index in [0.29, 0.717) is 19.3 Å². The fourth-order valence-corrected chi connectivity index (χ4v) is 5.65. The van der Waals surface area contributed by atoms with E-state index in [2.05, 4.69) is 160 Å². The molecule has 0 rings (SSSR count). The highest BCUT2D eigenvalue weighted by molar-refractivity contribution is 5.70. The second-order valence-electron chi connectivity index (χ2n) is 14.8. The Hall–Kier alpha value is -4.22. The van der Waals surface area contributed by atoms with Gasteiger partial charge in [-0.15, -0.1) is 0 Å². The molecule has 0 aliphatic heterocycles. The molecule has 0 spiro atoms. The molecule has 0 saturated carbocycles. The van der Waals surface area contributed by atoms with Crippen molar-refractivity contribution < 1.29 is 24.2 Å². The number of rotatable bonds is 40. The molecule has 0 amide bonds. The van der Waals surface area contributed by atoms with Gasteiger partial charge in [0.25, 0.3) is 0 Å². The van der Waals surface area contributed by atoms with Crippen LogP contribution in [0.25, 0.3) is 0 Å². The summed E-state index contributed by atoms with van der Waals surface area (Å²) >= 11 is 0. The molecule has 0 heterocycles. The van der Waals surface area contributed by atoms with Gasteiger partial charge in [0.15, 0.2) is 6.10 Å². The molecule has 1 atom stereocenters. The van der Waals surface area contributed by atoms with Crippen molar-refractivity contribution in [1.82, 2.24) is 0 Å². The van der Waals surface area contributed by atoms with Gasteiger partial charge in [0.1, 0.15) is 6.61 Å². The Kier molecular flexibility index (Phi) is 45.7. The lowest BCUT2D eigenvalue weighted by Gasteiger charge is -2.15. The van der Waals surface area contributed by atoms with Crippen molar-refractivity contribution in [2.75, 3.05) is 13.2 Å². The zero-order chi connectivity index (χ0) is 43.5. The van der Waals surface area contributed by atoms with E-state index in [-0.39, 0.29) is 25.2 Å². The smallest absolute Gasteiger partial charge is 0.306 e. The third kappa shape index (κ3) is 46.5. The number of allylic oxidation sites excluding steroid dienone is 24.